The number of esters is 1. The number of carbonyl (C=O) groups is 1. The maximum atomic E-state index is 11.5. The third kappa shape index (κ3) is 3.44. The molecular weight excluding hydrogens is 214 g/mol. The van der Waals surface area contributed by atoms with Gasteiger partial charge < -0.3 is 10.5 Å². The monoisotopic (exact) mass is 227 g/mol. The van der Waals surface area contributed by atoms with Crippen molar-refractivity contribution >= 4 is 23.3 Å². The Labute approximate surface area is 94.2 Å². The van der Waals surface area contributed by atoms with Crippen molar-refractivity contribution in [3.05, 3.63) is 28.8 Å². The second kappa shape index (κ2) is 5.03. The average molecular weight is 228 g/mol. The third-order valence-corrected chi connectivity index (χ3v) is 2.02. The van der Waals surface area contributed by atoms with Gasteiger partial charge in [-0.3, -0.25) is 0 Å². The fourth-order valence-electron chi connectivity index (χ4n) is 1.04. The van der Waals surface area contributed by atoms with Crippen molar-refractivity contribution in [2.75, 3.05) is 12.3 Å². The predicted molar refractivity (Wildman–Crippen MR) is 61.0 cm³/mol. The van der Waals surface area contributed by atoms with Gasteiger partial charge in [-0.2, -0.15) is 0 Å². The normalized spacial score (nSPS) is 10.4. The first-order valence-electron chi connectivity index (χ1n) is 4.73. The van der Waals surface area contributed by atoms with Crippen LogP contribution < -0.4 is 5.73 Å². The highest BCUT2D eigenvalue weighted by Crippen LogP contribution is 2.18. The summed E-state index contributed by atoms with van der Waals surface area (Å²) in [5.74, 6) is -0.0969. The molecule has 0 spiro atoms. The Morgan fingerprint density at radius 1 is 1.53 bits per heavy atom. The van der Waals surface area contributed by atoms with E-state index in [4.69, 9.17) is 22.1 Å². The Kier molecular flexibility index (Phi) is 3.97. The summed E-state index contributed by atoms with van der Waals surface area (Å²) in [6.45, 7) is 4.33. The molecule has 2 N–H and O–H groups in total. The van der Waals surface area contributed by atoms with Crippen LogP contribution in [0.2, 0.25) is 5.02 Å². The zero-order chi connectivity index (χ0) is 11.4. The van der Waals surface area contributed by atoms with Crippen molar-refractivity contribution in [1.29, 1.82) is 0 Å². The number of hydrogen-bond donors (Lipinski definition) is 1. The number of anilines is 1. The Hall–Kier alpha value is -1.22. The molecule has 0 saturated carbocycles. The van der Waals surface area contributed by atoms with Crippen molar-refractivity contribution in [2.24, 2.45) is 5.92 Å². The van der Waals surface area contributed by atoms with Crippen LogP contribution in [-0.2, 0) is 4.74 Å². The molecule has 0 amide bonds. The molecule has 0 atom stereocenters. The van der Waals surface area contributed by atoms with Crippen LogP contribution in [0.3, 0.4) is 0 Å². The molecule has 82 valence electrons. The van der Waals surface area contributed by atoms with Gasteiger partial charge in [-0.05, 0) is 24.1 Å². The molecule has 4 heteroatoms. The molecule has 3 nitrogen and oxygen atoms in total. The minimum absolute atomic E-state index is 0.308. The lowest BCUT2D eigenvalue weighted by Gasteiger charge is -2.08. The van der Waals surface area contributed by atoms with E-state index < -0.39 is 5.97 Å². The van der Waals surface area contributed by atoms with Crippen LogP contribution in [0.5, 0.6) is 0 Å². The summed E-state index contributed by atoms with van der Waals surface area (Å²) in [7, 11) is 0. The number of carbonyl (C=O) groups excluding carboxylic acids is 1. The van der Waals surface area contributed by atoms with Crippen molar-refractivity contribution in [1.82, 2.24) is 0 Å². The van der Waals surface area contributed by atoms with Crippen LogP contribution in [0.4, 0.5) is 5.69 Å². The average Bonchev–Trinajstić information content (AvgIpc) is 2.14. The van der Waals surface area contributed by atoms with E-state index in [9.17, 15) is 4.79 Å². The van der Waals surface area contributed by atoms with Gasteiger partial charge >= 0.3 is 5.97 Å². The molecule has 1 rings (SSSR count). The molecular formula is C11H14ClNO2. The molecule has 0 fully saturated rings. The SMILES string of the molecule is CC(C)COC(=O)c1ccc(Cl)cc1N. The molecule has 0 aromatic heterocycles. The Morgan fingerprint density at radius 3 is 2.73 bits per heavy atom. The standard InChI is InChI=1S/C11H14ClNO2/c1-7(2)6-15-11(14)9-4-3-8(12)5-10(9)13/h3-5,7H,6,13H2,1-2H3. The van der Waals surface area contributed by atoms with E-state index in [1.54, 1.807) is 12.1 Å². The molecule has 1 aromatic rings. The van der Waals surface area contributed by atoms with Crippen molar-refractivity contribution in [2.45, 2.75) is 13.8 Å². The lowest BCUT2D eigenvalue weighted by Crippen LogP contribution is -2.11. The van der Waals surface area contributed by atoms with E-state index >= 15 is 0 Å². The molecule has 0 unspecified atom stereocenters. The first-order valence-corrected chi connectivity index (χ1v) is 5.10. The lowest BCUT2D eigenvalue weighted by molar-refractivity contribution is 0.0460. The highest BCUT2D eigenvalue weighted by molar-refractivity contribution is 6.31. The van der Waals surface area contributed by atoms with Crippen LogP contribution in [0.25, 0.3) is 0 Å². The topological polar surface area (TPSA) is 52.3 Å². The zero-order valence-corrected chi connectivity index (χ0v) is 9.54. The lowest BCUT2D eigenvalue weighted by atomic mass is 10.2. The smallest absolute Gasteiger partial charge is 0.340 e. The molecule has 0 radical (unpaired) electrons. The summed E-state index contributed by atoms with van der Waals surface area (Å²) in [6.07, 6.45) is 0. The molecule has 0 aliphatic carbocycles. The van der Waals surface area contributed by atoms with Crippen LogP contribution >= 0.6 is 11.6 Å². The fraction of sp³-hybridized carbons (Fsp3) is 0.364. The van der Waals surface area contributed by atoms with Gasteiger partial charge in [0.05, 0.1) is 12.2 Å². The second-order valence-electron chi connectivity index (χ2n) is 3.72. The van der Waals surface area contributed by atoms with E-state index in [-0.39, 0.29) is 0 Å². The molecule has 0 saturated heterocycles. The minimum atomic E-state index is -0.405. The zero-order valence-electron chi connectivity index (χ0n) is 8.79. The molecule has 15 heavy (non-hydrogen) atoms. The molecule has 0 heterocycles. The molecule has 1 aromatic carbocycles. The van der Waals surface area contributed by atoms with Crippen LogP contribution in [0, 0.1) is 5.92 Å². The number of benzene rings is 1. The van der Waals surface area contributed by atoms with Gasteiger partial charge in [-0.1, -0.05) is 25.4 Å². The third-order valence-electron chi connectivity index (χ3n) is 1.78. The highest BCUT2D eigenvalue weighted by atomic mass is 35.5. The van der Waals surface area contributed by atoms with E-state index in [1.807, 2.05) is 13.8 Å². The summed E-state index contributed by atoms with van der Waals surface area (Å²) in [5, 5.41) is 0.507. The summed E-state index contributed by atoms with van der Waals surface area (Å²) in [6, 6.07) is 4.72. The summed E-state index contributed by atoms with van der Waals surface area (Å²) >= 11 is 5.72. The maximum Gasteiger partial charge on any atom is 0.340 e. The van der Waals surface area contributed by atoms with Crippen molar-refractivity contribution < 1.29 is 9.53 Å². The summed E-state index contributed by atoms with van der Waals surface area (Å²) < 4.78 is 5.05. The van der Waals surface area contributed by atoms with E-state index in [1.165, 1.54) is 6.07 Å². The predicted octanol–water partition coefficient (Wildman–Crippen LogP) is 2.74. The van der Waals surface area contributed by atoms with Crippen LogP contribution in [0.15, 0.2) is 18.2 Å². The molecule has 0 bridgehead atoms. The van der Waals surface area contributed by atoms with Crippen molar-refractivity contribution in [3.63, 3.8) is 0 Å². The Balaban J connectivity index is 2.74. The number of halogens is 1. The maximum absolute atomic E-state index is 11.5. The van der Waals surface area contributed by atoms with Gasteiger partial charge in [-0.25, -0.2) is 4.79 Å². The second-order valence-corrected chi connectivity index (χ2v) is 4.16. The van der Waals surface area contributed by atoms with E-state index in [2.05, 4.69) is 0 Å². The number of nitrogens with two attached hydrogens (primary N) is 1. The number of rotatable bonds is 3. The first-order chi connectivity index (χ1) is 7.00. The van der Waals surface area contributed by atoms with E-state index in [0.717, 1.165) is 0 Å². The van der Waals surface area contributed by atoms with Gasteiger partial charge in [0.25, 0.3) is 0 Å². The van der Waals surface area contributed by atoms with Gasteiger partial charge in [0.1, 0.15) is 0 Å². The van der Waals surface area contributed by atoms with Gasteiger partial charge in [0, 0.05) is 10.7 Å². The highest BCUT2D eigenvalue weighted by Gasteiger charge is 2.11. The van der Waals surface area contributed by atoms with Gasteiger partial charge in [0.15, 0.2) is 0 Å². The molecule has 0 aliphatic rings. The number of hydrogen-bond acceptors (Lipinski definition) is 3. The molecule has 0 aliphatic heterocycles. The summed E-state index contributed by atoms with van der Waals surface area (Å²) in [5.41, 5.74) is 6.35. The fourth-order valence-corrected chi connectivity index (χ4v) is 1.22. The van der Waals surface area contributed by atoms with Crippen LogP contribution in [-0.4, -0.2) is 12.6 Å². The van der Waals surface area contributed by atoms with Gasteiger partial charge in [0.2, 0.25) is 0 Å². The minimum Gasteiger partial charge on any atom is -0.462 e. The van der Waals surface area contributed by atoms with Crippen LogP contribution in [0.1, 0.15) is 24.2 Å². The van der Waals surface area contributed by atoms with E-state index in [0.29, 0.717) is 28.8 Å². The quantitative estimate of drug-likeness (QED) is 0.638. The Morgan fingerprint density at radius 2 is 2.20 bits per heavy atom. The van der Waals surface area contributed by atoms with Crippen molar-refractivity contribution in [3.8, 4) is 0 Å². The Bertz CT molecular complexity index is 364. The first kappa shape index (κ1) is 11.9. The number of nitrogen functional groups attached to an aromatic ring is 1. The largest absolute Gasteiger partial charge is 0.462 e. The summed E-state index contributed by atoms with van der Waals surface area (Å²) in [4.78, 5) is 11.5. The van der Waals surface area contributed by atoms with Gasteiger partial charge in [-0.15, -0.1) is 0 Å². The number of ether oxygens (including phenoxy) is 1.